The molecule has 0 N–H and O–H groups in total. The van der Waals surface area contributed by atoms with Gasteiger partial charge in [-0.3, -0.25) is 4.79 Å². The van der Waals surface area contributed by atoms with E-state index in [9.17, 15) is 4.79 Å². The van der Waals surface area contributed by atoms with Gasteiger partial charge in [0.05, 0.1) is 4.88 Å². The predicted octanol–water partition coefficient (Wildman–Crippen LogP) is 5.96. The number of halogens is 1. The topological polar surface area (TPSA) is 17.1 Å². The van der Waals surface area contributed by atoms with Gasteiger partial charge in [0.2, 0.25) is 0 Å². The number of hydrogen-bond donors (Lipinski definition) is 0. The lowest BCUT2D eigenvalue weighted by atomic mass is 10.2. The van der Waals surface area contributed by atoms with E-state index in [0.717, 1.165) is 20.9 Å². The van der Waals surface area contributed by atoms with Crippen molar-refractivity contribution >= 4 is 34.8 Å². The van der Waals surface area contributed by atoms with Crippen LogP contribution >= 0.6 is 22.9 Å². The summed E-state index contributed by atoms with van der Waals surface area (Å²) in [5.74, 6) is 0.0223. The fraction of sp³-hybridized carbons (Fsp3) is 0. The second-order valence-electron chi connectivity index (χ2n) is 4.78. The SMILES string of the molecule is O=C(C=Cc1ccccc1)c1ccc(-c2ccc(Cl)cc2)s1. The van der Waals surface area contributed by atoms with Crippen molar-refractivity contribution in [3.8, 4) is 10.4 Å². The second kappa shape index (κ2) is 6.73. The highest BCUT2D eigenvalue weighted by Gasteiger charge is 2.07. The first kappa shape index (κ1) is 14.8. The van der Waals surface area contributed by atoms with E-state index in [-0.39, 0.29) is 5.78 Å². The zero-order valence-corrected chi connectivity index (χ0v) is 13.3. The Hall–Kier alpha value is -2.16. The molecule has 108 valence electrons. The Labute approximate surface area is 138 Å². The molecule has 0 bridgehead atoms. The zero-order chi connectivity index (χ0) is 15.4. The third-order valence-corrected chi connectivity index (χ3v) is 4.61. The molecule has 0 spiro atoms. The summed E-state index contributed by atoms with van der Waals surface area (Å²) in [6, 6.07) is 21.3. The zero-order valence-electron chi connectivity index (χ0n) is 11.7. The van der Waals surface area contributed by atoms with Crippen LogP contribution in [0.4, 0.5) is 0 Å². The molecule has 0 aliphatic heterocycles. The predicted molar refractivity (Wildman–Crippen MR) is 94.6 cm³/mol. The molecular formula is C19H13ClOS. The van der Waals surface area contributed by atoms with Gasteiger partial charge in [0, 0.05) is 9.90 Å². The number of hydrogen-bond acceptors (Lipinski definition) is 2. The molecule has 3 aromatic rings. The summed E-state index contributed by atoms with van der Waals surface area (Å²) < 4.78 is 0. The van der Waals surface area contributed by atoms with Gasteiger partial charge in [-0.05, 0) is 41.5 Å². The normalized spacial score (nSPS) is 11.0. The van der Waals surface area contributed by atoms with Crippen LogP contribution in [0.5, 0.6) is 0 Å². The summed E-state index contributed by atoms with van der Waals surface area (Å²) in [5, 5.41) is 0.711. The van der Waals surface area contributed by atoms with Crippen LogP contribution in [0.25, 0.3) is 16.5 Å². The van der Waals surface area contributed by atoms with Gasteiger partial charge in [-0.15, -0.1) is 11.3 Å². The molecule has 1 nitrogen and oxygen atoms in total. The minimum Gasteiger partial charge on any atom is -0.288 e. The Bertz CT molecular complexity index is 801. The molecule has 0 atom stereocenters. The number of allylic oxidation sites excluding steroid dienone is 1. The van der Waals surface area contributed by atoms with Gasteiger partial charge in [0.1, 0.15) is 0 Å². The van der Waals surface area contributed by atoms with Crippen molar-refractivity contribution < 1.29 is 4.79 Å². The summed E-state index contributed by atoms with van der Waals surface area (Å²) in [6.07, 6.45) is 3.46. The molecule has 0 aliphatic carbocycles. The quantitative estimate of drug-likeness (QED) is 0.427. The third kappa shape index (κ3) is 3.53. The van der Waals surface area contributed by atoms with Gasteiger partial charge in [0.15, 0.2) is 5.78 Å². The van der Waals surface area contributed by atoms with E-state index in [4.69, 9.17) is 11.6 Å². The lowest BCUT2D eigenvalue weighted by Gasteiger charge is -1.96. The molecule has 0 unspecified atom stereocenters. The van der Waals surface area contributed by atoms with Gasteiger partial charge in [-0.1, -0.05) is 60.1 Å². The molecule has 1 heterocycles. The van der Waals surface area contributed by atoms with E-state index < -0.39 is 0 Å². The summed E-state index contributed by atoms with van der Waals surface area (Å²) in [6.45, 7) is 0. The van der Waals surface area contributed by atoms with Crippen molar-refractivity contribution in [1.82, 2.24) is 0 Å². The number of ketones is 1. The molecule has 3 heteroatoms. The number of carbonyl (C=O) groups is 1. The largest absolute Gasteiger partial charge is 0.288 e. The Morgan fingerprint density at radius 1 is 0.909 bits per heavy atom. The molecule has 0 saturated heterocycles. The summed E-state index contributed by atoms with van der Waals surface area (Å²) in [4.78, 5) is 14.0. The van der Waals surface area contributed by atoms with Crippen LogP contribution in [-0.2, 0) is 0 Å². The Balaban J connectivity index is 1.77. The van der Waals surface area contributed by atoms with E-state index in [1.165, 1.54) is 11.3 Å². The lowest BCUT2D eigenvalue weighted by molar-refractivity contribution is 0.105. The first-order valence-electron chi connectivity index (χ1n) is 6.85. The molecular weight excluding hydrogens is 312 g/mol. The highest BCUT2D eigenvalue weighted by molar-refractivity contribution is 7.17. The Morgan fingerprint density at radius 2 is 1.64 bits per heavy atom. The van der Waals surface area contributed by atoms with Gasteiger partial charge < -0.3 is 0 Å². The maximum absolute atomic E-state index is 12.2. The van der Waals surface area contributed by atoms with Gasteiger partial charge in [-0.25, -0.2) is 0 Å². The molecule has 2 aromatic carbocycles. The third-order valence-electron chi connectivity index (χ3n) is 3.20. The average molecular weight is 325 g/mol. The smallest absolute Gasteiger partial charge is 0.195 e. The summed E-state index contributed by atoms with van der Waals surface area (Å²) in [7, 11) is 0. The first-order chi connectivity index (χ1) is 10.7. The highest BCUT2D eigenvalue weighted by atomic mass is 35.5. The first-order valence-corrected chi connectivity index (χ1v) is 8.05. The molecule has 3 rings (SSSR count). The van der Waals surface area contributed by atoms with Crippen molar-refractivity contribution in [1.29, 1.82) is 0 Å². The molecule has 22 heavy (non-hydrogen) atoms. The molecule has 0 aliphatic rings. The fourth-order valence-corrected chi connectivity index (χ4v) is 3.12. The van der Waals surface area contributed by atoms with E-state index in [1.807, 2.05) is 72.8 Å². The molecule has 0 amide bonds. The van der Waals surface area contributed by atoms with Crippen molar-refractivity contribution in [2.45, 2.75) is 0 Å². The van der Waals surface area contributed by atoms with Crippen LogP contribution in [0.2, 0.25) is 5.02 Å². The Morgan fingerprint density at radius 3 is 2.36 bits per heavy atom. The van der Waals surface area contributed by atoms with E-state index in [0.29, 0.717) is 5.02 Å². The number of rotatable bonds is 4. The summed E-state index contributed by atoms with van der Waals surface area (Å²) >= 11 is 7.39. The van der Waals surface area contributed by atoms with Crippen LogP contribution < -0.4 is 0 Å². The van der Waals surface area contributed by atoms with Crippen molar-refractivity contribution in [3.05, 3.63) is 88.3 Å². The standard InChI is InChI=1S/C19H13ClOS/c20-16-9-7-15(8-10-16)18-12-13-19(22-18)17(21)11-6-14-4-2-1-3-5-14/h1-13H. The van der Waals surface area contributed by atoms with Crippen LogP contribution in [0, 0.1) is 0 Å². The lowest BCUT2D eigenvalue weighted by Crippen LogP contribution is -1.88. The Kier molecular flexibility index (Phi) is 4.52. The van der Waals surface area contributed by atoms with Gasteiger partial charge >= 0.3 is 0 Å². The van der Waals surface area contributed by atoms with Crippen molar-refractivity contribution in [2.24, 2.45) is 0 Å². The molecule has 1 aromatic heterocycles. The monoisotopic (exact) mass is 324 g/mol. The maximum atomic E-state index is 12.2. The van der Waals surface area contributed by atoms with Gasteiger partial charge in [-0.2, -0.15) is 0 Å². The second-order valence-corrected chi connectivity index (χ2v) is 6.30. The minimum absolute atomic E-state index is 0.0223. The molecule has 0 fully saturated rings. The van der Waals surface area contributed by atoms with Crippen LogP contribution in [0.1, 0.15) is 15.2 Å². The number of carbonyl (C=O) groups excluding carboxylic acids is 1. The molecule has 0 radical (unpaired) electrons. The number of thiophene rings is 1. The fourth-order valence-electron chi connectivity index (χ4n) is 2.06. The van der Waals surface area contributed by atoms with E-state index >= 15 is 0 Å². The van der Waals surface area contributed by atoms with E-state index in [2.05, 4.69) is 0 Å². The van der Waals surface area contributed by atoms with Crippen LogP contribution in [0.3, 0.4) is 0 Å². The van der Waals surface area contributed by atoms with Crippen LogP contribution in [0.15, 0.2) is 72.8 Å². The van der Waals surface area contributed by atoms with Crippen molar-refractivity contribution in [3.63, 3.8) is 0 Å². The van der Waals surface area contributed by atoms with E-state index in [1.54, 1.807) is 6.08 Å². The maximum Gasteiger partial charge on any atom is 0.195 e. The van der Waals surface area contributed by atoms with Crippen LogP contribution in [-0.4, -0.2) is 5.78 Å². The van der Waals surface area contributed by atoms with Crippen molar-refractivity contribution in [2.75, 3.05) is 0 Å². The number of benzene rings is 2. The van der Waals surface area contributed by atoms with Gasteiger partial charge in [0.25, 0.3) is 0 Å². The average Bonchev–Trinajstić information content (AvgIpc) is 3.04. The minimum atomic E-state index is 0.0223. The highest BCUT2D eigenvalue weighted by Crippen LogP contribution is 2.29. The molecule has 0 saturated carbocycles. The summed E-state index contributed by atoms with van der Waals surface area (Å²) in [5.41, 5.74) is 2.09.